The van der Waals surface area contributed by atoms with Gasteiger partial charge in [-0.3, -0.25) is 9.67 Å². The van der Waals surface area contributed by atoms with Gasteiger partial charge in [0.05, 0.1) is 5.69 Å². The lowest BCUT2D eigenvalue weighted by molar-refractivity contribution is 0.385. The number of halogens is 3. The molecule has 2 N–H and O–H groups in total. The predicted octanol–water partition coefficient (Wildman–Crippen LogP) is 4.54. The monoisotopic (exact) mass is 545 g/mol. The Labute approximate surface area is 201 Å². The van der Waals surface area contributed by atoms with Gasteiger partial charge in [-0.15, -0.1) is 24.0 Å². The topological polar surface area (TPSA) is 54.2 Å². The number of aryl methyl sites for hydroxylation is 2. The van der Waals surface area contributed by atoms with E-state index in [1.165, 1.54) is 23.8 Å². The van der Waals surface area contributed by atoms with Gasteiger partial charge in [0, 0.05) is 43.4 Å². The fourth-order valence-electron chi connectivity index (χ4n) is 4.72. The van der Waals surface area contributed by atoms with Crippen molar-refractivity contribution in [3.63, 3.8) is 0 Å². The number of hydrogen-bond donors (Lipinski definition) is 2. The third kappa shape index (κ3) is 5.56. The van der Waals surface area contributed by atoms with Crippen molar-refractivity contribution in [2.75, 3.05) is 13.6 Å². The van der Waals surface area contributed by atoms with E-state index in [0.717, 1.165) is 43.5 Å². The van der Waals surface area contributed by atoms with Gasteiger partial charge in [-0.05, 0) is 57.7 Å². The van der Waals surface area contributed by atoms with Gasteiger partial charge < -0.3 is 10.6 Å². The molecule has 8 heteroatoms. The summed E-state index contributed by atoms with van der Waals surface area (Å²) in [4.78, 5) is 4.34. The average molecular weight is 545 g/mol. The maximum atomic E-state index is 14.6. The summed E-state index contributed by atoms with van der Waals surface area (Å²) >= 11 is 0. The van der Waals surface area contributed by atoms with E-state index in [9.17, 15) is 8.78 Å². The maximum absolute atomic E-state index is 14.6. The van der Waals surface area contributed by atoms with E-state index in [4.69, 9.17) is 0 Å². The van der Waals surface area contributed by atoms with Crippen LogP contribution in [-0.4, -0.2) is 35.4 Å². The molecule has 1 atom stereocenters. The quantitative estimate of drug-likeness (QED) is 0.319. The van der Waals surface area contributed by atoms with E-state index in [1.54, 1.807) is 7.05 Å². The van der Waals surface area contributed by atoms with Crippen molar-refractivity contribution < 1.29 is 8.78 Å². The normalized spacial score (nSPS) is 16.7. The van der Waals surface area contributed by atoms with E-state index >= 15 is 0 Å². The van der Waals surface area contributed by atoms with Gasteiger partial charge in [0.1, 0.15) is 11.6 Å². The van der Waals surface area contributed by atoms with E-state index in [1.807, 2.05) is 18.7 Å². The lowest BCUT2D eigenvalue weighted by Gasteiger charge is -2.31. The van der Waals surface area contributed by atoms with Gasteiger partial charge in [-0.1, -0.05) is 18.9 Å². The minimum absolute atomic E-state index is 0. The first kappa shape index (κ1) is 25.5. The first-order chi connectivity index (χ1) is 14.3. The lowest BCUT2D eigenvalue weighted by Crippen LogP contribution is -2.48. The Hall–Kier alpha value is -1.71. The fraction of sp³-hybridized carbons (Fsp3) is 0.565. The number of guanidine groups is 1. The second kappa shape index (κ2) is 10.7. The average Bonchev–Trinajstić information content (AvgIpc) is 3.26. The maximum Gasteiger partial charge on any atom is 0.191 e. The first-order valence-corrected chi connectivity index (χ1v) is 10.7. The Morgan fingerprint density at radius 2 is 1.84 bits per heavy atom. The van der Waals surface area contributed by atoms with Crippen LogP contribution in [0.1, 0.15) is 55.1 Å². The summed E-state index contributed by atoms with van der Waals surface area (Å²) < 4.78 is 31.0. The molecule has 3 rings (SSSR count). The minimum atomic E-state index is -0.549. The first-order valence-electron chi connectivity index (χ1n) is 10.7. The van der Waals surface area contributed by atoms with E-state index < -0.39 is 17.0 Å². The van der Waals surface area contributed by atoms with Crippen molar-refractivity contribution in [3.8, 4) is 0 Å². The molecule has 1 saturated carbocycles. The molecule has 172 valence electrons. The Morgan fingerprint density at radius 3 is 2.35 bits per heavy atom. The highest BCUT2D eigenvalue weighted by atomic mass is 127. The van der Waals surface area contributed by atoms with Gasteiger partial charge in [-0.25, -0.2) is 8.78 Å². The molecule has 31 heavy (non-hydrogen) atoms. The van der Waals surface area contributed by atoms with Crippen LogP contribution in [0.2, 0.25) is 0 Å². The molecule has 1 aliphatic carbocycles. The van der Waals surface area contributed by atoms with Crippen LogP contribution < -0.4 is 10.6 Å². The molecule has 1 aliphatic rings. The molecule has 0 saturated heterocycles. The van der Waals surface area contributed by atoms with Gasteiger partial charge in [-0.2, -0.15) is 5.10 Å². The van der Waals surface area contributed by atoms with Gasteiger partial charge in [0.15, 0.2) is 5.96 Å². The number of benzene rings is 1. The van der Waals surface area contributed by atoms with E-state index in [0.29, 0.717) is 12.5 Å². The Morgan fingerprint density at radius 1 is 1.23 bits per heavy atom. The van der Waals surface area contributed by atoms with Crippen LogP contribution in [0.5, 0.6) is 0 Å². The minimum Gasteiger partial charge on any atom is -0.356 e. The Kier molecular flexibility index (Phi) is 8.85. The highest BCUT2D eigenvalue weighted by molar-refractivity contribution is 14.0. The molecule has 0 spiro atoms. The van der Waals surface area contributed by atoms with Crippen molar-refractivity contribution in [1.82, 2.24) is 20.4 Å². The molecule has 5 nitrogen and oxygen atoms in total. The van der Waals surface area contributed by atoms with Crippen molar-refractivity contribution >= 4 is 29.9 Å². The third-order valence-corrected chi connectivity index (χ3v) is 6.42. The Bertz CT molecular complexity index is 899. The van der Waals surface area contributed by atoms with E-state index in [-0.39, 0.29) is 35.6 Å². The second-order valence-corrected chi connectivity index (χ2v) is 8.53. The van der Waals surface area contributed by atoms with Crippen LogP contribution in [0.25, 0.3) is 0 Å². The van der Waals surface area contributed by atoms with Crippen molar-refractivity contribution in [3.05, 3.63) is 52.3 Å². The highest BCUT2D eigenvalue weighted by Crippen LogP contribution is 2.42. The number of rotatable bonds is 6. The number of hydrogen-bond acceptors (Lipinski definition) is 2. The van der Waals surface area contributed by atoms with Crippen LogP contribution in [0, 0.1) is 25.5 Å². The van der Waals surface area contributed by atoms with Crippen LogP contribution in [0.3, 0.4) is 0 Å². The zero-order valence-electron chi connectivity index (χ0n) is 19.1. The summed E-state index contributed by atoms with van der Waals surface area (Å²) in [5, 5.41) is 11.2. The molecule has 1 unspecified atom stereocenters. The molecule has 0 radical (unpaired) electrons. The Balaban J connectivity index is 0.00000341. The van der Waals surface area contributed by atoms with Gasteiger partial charge >= 0.3 is 0 Å². The van der Waals surface area contributed by atoms with Crippen LogP contribution in [-0.2, 0) is 18.9 Å². The fourth-order valence-corrected chi connectivity index (χ4v) is 4.72. The summed E-state index contributed by atoms with van der Waals surface area (Å²) in [5.41, 5.74) is 3.08. The molecule has 2 aromatic rings. The zero-order valence-corrected chi connectivity index (χ0v) is 21.4. The molecule has 1 aromatic carbocycles. The summed E-state index contributed by atoms with van der Waals surface area (Å²) in [6.07, 6.45) is 4.28. The molecule has 1 heterocycles. The lowest BCUT2D eigenvalue weighted by atomic mass is 9.78. The number of aliphatic imine (C=N–C) groups is 1. The highest BCUT2D eigenvalue weighted by Gasteiger charge is 2.40. The smallest absolute Gasteiger partial charge is 0.191 e. The predicted molar refractivity (Wildman–Crippen MR) is 132 cm³/mol. The number of nitrogens with zero attached hydrogens (tertiary/aromatic N) is 3. The van der Waals surface area contributed by atoms with Crippen LogP contribution >= 0.6 is 24.0 Å². The van der Waals surface area contributed by atoms with Gasteiger partial charge in [0.2, 0.25) is 0 Å². The van der Waals surface area contributed by atoms with Crippen molar-refractivity contribution in [2.24, 2.45) is 12.0 Å². The molecule has 0 bridgehead atoms. The largest absolute Gasteiger partial charge is 0.356 e. The molecule has 0 amide bonds. The second-order valence-electron chi connectivity index (χ2n) is 8.53. The van der Waals surface area contributed by atoms with Crippen LogP contribution in [0.15, 0.2) is 23.2 Å². The van der Waals surface area contributed by atoms with Crippen molar-refractivity contribution in [1.29, 1.82) is 0 Å². The SMILES string of the molecule is CN=C(NCC1(c2c(F)cccc2F)CCCC1)NC(C)Cc1c(C)nn(C)c1C.I. The molecular formula is C23H34F2IN5. The molecule has 1 fully saturated rings. The number of aromatic nitrogens is 2. The van der Waals surface area contributed by atoms with Gasteiger partial charge in [0.25, 0.3) is 0 Å². The third-order valence-electron chi connectivity index (χ3n) is 6.42. The summed E-state index contributed by atoms with van der Waals surface area (Å²) in [7, 11) is 3.67. The summed E-state index contributed by atoms with van der Waals surface area (Å²) in [6.45, 7) is 6.64. The molecule has 0 aliphatic heterocycles. The molecule has 1 aromatic heterocycles. The zero-order chi connectivity index (χ0) is 21.9. The standard InChI is InChI=1S/C23H33F2N5.HI/c1-15(13-18-16(2)29-30(5)17(18)3)28-22(26-4)27-14-23(11-6-7-12-23)21-19(24)9-8-10-20(21)25;/h8-10,15H,6-7,11-14H2,1-5H3,(H2,26,27,28);1H. The van der Waals surface area contributed by atoms with E-state index in [2.05, 4.69) is 34.6 Å². The summed E-state index contributed by atoms with van der Waals surface area (Å²) in [6, 6.07) is 4.26. The number of nitrogens with one attached hydrogen (secondary N) is 2. The summed E-state index contributed by atoms with van der Waals surface area (Å²) in [5.74, 6) is -0.278. The molecular weight excluding hydrogens is 511 g/mol. The van der Waals surface area contributed by atoms with Crippen molar-refractivity contribution in [2.45, 2.75) is 64.3 Å². The van der Waals surface area contributed by atoms with Crippen LogP contribution in [0.4, 0.5) is 8.78 Å².